The quantitative estimate of drug-likeness (QED) is 0.741. The second-order valence-electron chi connectivity index (χ2n) is 4.52. The molecule has 23 heavy (non-hydrogen) atoms. The molecule has 0 fully saturated rings. The number of benzene rings is 1. The van der Waals surface area contributed by atoms with Crippen LogP contribution in [0, 0.1) is 0 Å². The molecular weight excluding hydrogens is 361 g/mol. The van der Waals surface area contributed by atoms with Gasteiger partial charge in [0, 0.05) is 19.7 Å². The standard InChI is InChI=1S/C12H14ClF3N2O4S/c1-17(7-12(14,15)16)11(19)8-4-5-9(13)10(6-8)23(20,21)18(2)22-3/h4-6H,7H2,1-3H3. The second-order valence-corrected chi connectivity index (χ2v) is 6.83. The summed E-state index contributed by atoms with van der Waals surface area (Å²) in [5, 5.41) is -0.191. The van der Waals surface area contributed by atoms with Crippen molar-refractivity contribution in [1.29, 1.82) is 0 Å². The molecule has 0 N–H and O–H groups in total. The Kier molecular flexibility index (Phi) is 6.02. The molecule has 0 spiro atoms. The summed E-state index contributed by atoms with van der Waals surface area (Å²) in [4.78, 5) is 16.6. The van der Waals surface area contributed by atoms with Crippen molar-refractivity contribution in [3.05, 3.63) is 28.8 Å². The number of carbonyl (C=O) groups excluding carboxylic acids is 1. The van der Waals surface area contributed by atoms with Crippen LogP contribution in [0.3, 0.4) is 0 Å². The van der Waals surface area contributed by atoms with E-state index >= 15 is 0 Å². The molecule has 1 aromatic carbocycles. The van der Waals surface area contributed by atoms with Gasteiger partial charge in [-0.15, -0.1) is 0 Å². The number of sulfonamides is 1. The zero-order chi connectivity index (χ0) is 18.0. The van der Waals surface area contributed by atoms with Crippen LogP contribution in [0.5, 0.6) is 0 Å². The average Bonchev–Trinajstić information content (AvgIpc) is 2.43. The number of nitrogens with zero attached hydrogens (tertiary/aromatic N) is 2. The summed E-state index contributed by atoms with van der Waals surface area (Å²) in [6.45, 7) is -1.46. The van der Waals surface area contributed by atoms with Gasteiger partial charge in [0.25, 0.3) is 15.9 Å². The van der Waals surface area contributed by atoms with E-state index in [1.165, 1.54) is 0 Å². The van der Waals surface area contributed by atoms with Crippen LogP contribution in [0.4, 0.5) is 13.2 Å². The molecule has 1 rings (SSSR count). The van der Waals surface area contributed by atoms with E-state index in [0.717, 1.165) is 39.4 Å². The zero-order valence-corrected chi connectivity index (χ0v) is 14.0. The first-order valence-electron chi connectivity index (χ1n) is 6.05. The van der Waals surface area contributed by atoms with E-state index < -0.39 is 33.5 Å². The maximum absolute atomic E-state index is 12.3. The third kappa shape index (κ3) is 4.80. The van der Waals surface area contributed by atoms with Gasteiger partial charge in [0.05, 0.1) is 12.1 Å². The Morgan fingerprint density at radius 1 is 1.30 bits per heavy atom. The van der Waals surface area contributed by atoms with Crippen molar-refractivity contribution in [2.45, 2.75) is 11.1 Å². The molecule has 130 valence electrons. The van der Waals surface area contributed by atoms with Crippen LogP contribution in [0.15, 0.2) is 23.1 Å². The third-order valence-electron chi connectivity index (χ3n) is 2.81. The van der Waals surface area contributed by atoms with Crippen LogP contribution in [0.25, 0.3) is 0 Å². The van der Waals surface area contributed by atoms with Gasteiger partial charge in [0.2, 0.25) is 0 Å². The Morgan fingerprint density at radius 2 is 1.87 bits per heavy atom. The van der Waals surface area contributed by atoms with Crippen molar-refractivity contribution in [1.82, 2.24) is 9.37 Å². The number of carbonyl (C=O) groups is 1. The molecule has 0 aromatic heterocycles. The molecule has 6 nitrogen and oxygen atoms in total. The zero-order valence-electron chi connectivity index (χ0n) is 12.4. The van der Waals surface area contributed by atoms with Gasteiger partial charge >= 0.3 is 6.18 Å². The molecule has 0 atom stereocenters. The molecule has 0 aliphatic heterocycles. The molecule has 0 radical (unpaired) electrons. The fraction of sp³-hybridized carbons (Fsp3) is 0.417. The van der Waals surface area contributed by atoms with Crippen molar-refractivity contribution in [3.8, 4) is 0 Å². The molecule has 0 aliphatic rings. The van der Waals surface area contributed by atoms with Crippen LogP contribution in [-0.4, -0.2) is 57.6 Å². The molecular formula is C12H14ClF3N2O4S. The van der Waals surface area contributed by atoms with Crippen molar-refractivity contribution in [2.24, 2.45) is 0 Å². The Balaban J connectivity index is 3.23. The topological polar surface area (TPSA) is 66.9 Å². The van der Waals surface area contributed by atoms with Crippen LogP contribution in [-0.2, 0) is 14.9 Å². The summed E-state index contributed by atoms with van der Waals surface area (Å²) >= 11 is 5.81. The molecule has 11 heteroatoms. The van der Waals surface area contributed by atoms with Crippen LogP contribution >= 0.6 is 11.6 Å². The molecule has 0 saturated carbocycles. The predicted molar refractivity (Wildman–Crippen MR) is 76.4 cm³/mol. The average molecular weight is 375 g/mol. The first-order valence-corrected chi connectivity index (χ1v) is 7.86. The molecule has 1 amide bonds. The summed E-state index contributed by atoms with van der Waals surface area (Å²) in [5.41, 5.74) is -0.246. The highest BCUT2D eigenvalue weighted by Gasteiger charge is 2.32. The lowest BCUT2D eigenvalue weighted by Crippen LogP contribution is -2.36. The number of halogens is 4. The van der Waals surface area contributed by atoms with Crippen LogP contribution in [0.1, 0.15) is 10.4 Å². The number of hydrogen-bond donors (Lipinski definition) is 0. The lowest BCUT2D eigenvalue weighted by molar-refractivity contribution is -0.138. The van der Waals surface area contributed by atoms with Gasteiger partial charge in [-0.05, 0) is 18.2 Å². The molecule has 0 saturated heterocycles. The number of alkyl halides is 3. The lowest BCUT2D eigenvalue weighted by atomic mass is 10.2. The molecule has 0 aliphatic carbocycles. The minimum absolute atomic E-state index is 0.191. The second kappa shape index (κ2) is 7.04. The first-order chi connectivity index (χ1) is 10.4. The Bertz CT molecular complexity index is 694. The van der Waals surface area contributed by atoms with Gasteiger partial charge in [-0.2, -0.15) is 13.2 Å². The lowest BCUT2D eigenvalue weighted by Gasteiger charge is -2.20. The molecule has 0 unspecified atom stereocenters. The Morgan fingerprint density at radius 3 is 2.35 bits per heavy atom. The van der Waals surface area contributed by atoms with Crippen molar-refractivity contribution in [2.75, 3.05) is 27.7 Å². The Labute approximate surface area is 136 Å². The van der Waals surface area contributed by atoms with Crippen molar-refractivity contribution >= 4 is 27.5 Å². The van der Waals surface area contributed by atoms with E-state index in [0.29, 0.717) is 9.37 Å². The van der Waals surface area contributed by atoms with Crippen LogP contribution < -0.4 is 0 Å². The fourth-order valence-electron chi connectivity index (χ4n) is 1.63. The van der Waals surface area contributed by atoms with Gasteiger partial charge in [-0.25, -0.2) is 8.42 Å². The van der Waals surface area contributed by atoms with Gasteiger partial charge in [-0.3, -0.25) is 9.63 Å². The van der Waals surface area contributed by atoms with E-state index in [1.807, 2.05) is 0 Å². The van der Waals surface area contributed by atoms with E-state index in [2.05, 4.69) is 4.84 Å². The molecule has 0 heterocycles. The number of hydrogen-bond acceptors (Lipinski definition) is 4. The van der Waals surface area contributed by atoms with Crippen molar-refractivity contribution < 1.29 is 31.2 Å². The summed E-state index contributed by atoms with van der Waals surface area (Å²) in [6, 6.07) is 3.17. The summed E-state index contributed by atoms with van der Waals surface area (Å²) < 4.78 is 61.9. The maximum atomic E-state index is 12.3. The maximum Gasteiger partial charge on any atom is 0.406 e. The van der Waals surface area contributed by atoms with Crippen molar-refractivity contribution in [3.63, 3.8) is 0 Å². The molecule has 0 bridgehead atoms. The highest BCUT2D eigenvalue weighted by atomic mass is 35.5. The Hall–Kier alpha value is -1.36. The highest BCUT2D eigenvalue weighted by Crippen LogP contribution is 2.26. The number of hydroxylamine groups is 1. The predicted octanol–water partition coefficient (Wildman–Crippen LogP) is 2.16. The van der Waals surface area contributed by atoms with Gasteiger partial charge in [-0.1, -0.05) is 16.1 Å². The summed E-state index contributed by atoms with van der Waals surface area (Å²) in [5.74, 6) is -0.990. The first kappa shape index (κ1) is 19.7. The van der Waals surface area contributed by atoms with E-state index in [1.54, 1.807) is 0 Å². The summed E-state index contributed by atoms with van der Waals surface area (Å²) in [6.07, 6.45) is -4.57. The summed E-state index contributed by atoms with van der Waals surface area (Å²) in [7, 11) is -0.976. The number of rotatable bonds is 5. The highest BCUT2D eigenvalue weighted by molar-refractivity contribution is 7.89. The van der Waals surface area contributed by atoms with Gasteiger partial charge < -0.3 is 4.90 Å². The monoisotopic (exact) mass is 374 g/mol. The largest absolute Gasteiger partial charge is 0.406 e. The minimum Gasteiger partial charge on any atom is -0.333 e. The number of amides is 1. The minimum atomic E-state index is -4.57. The third-order valence-corrected chi connectivity index (χ3v) is 4.98. The van der Waals surface area contributed by atoms with E-state index in [-0.39, 0.29) is 10.6 Å². The fourth-order valence-corrected chi connectivity index (χ4v) is 3.11. The van der Waals surface area contributed by atoms with Crippen LogP contribution in [0.2, 0.25) is 5.02 Å². The smallest absolute Gasteiger partial charge is 0.333 e. The van der Waals surface area contributed by atoms with Gasteiger partial charge in [0.1, 0.15) is 11.4 Å². The van der Waals surface area contributed by atoms with E-state index in [9.17, 15) is 26.4 Å². The normalized spacial score (nSPS) is 12.5. The van der Waals surface area contributed by atoms with E-state index in [4.69, 9.17) is 11.6 Å². The molecule has 1 aromatic rings. The SMILES string of the molecule is CON(C)S(=O)(=O)c1cc(C(=O)N(C)CC(F)(F)F)ccc1Cl. The van der Waals surface area contributed by atoms with Gasteiger partial charge in [0.15, 0.2) is 0 Å².